The summed E-state index contributed by atoms with van der Waals surface area (Å²) in [7, 11) is 0. The fourth-order valence-corrected chi connectivity index (χ4v) is 1.90. The molecule has 0 saturated carbocycles. The van der Waals surface area contributed by atoms with Crippen molar-refractivity contribution in [3.63, 3.8) is 0 Å². The normalized spacial score (nSPS) is 24.7. The maximum Gasteiger partial charge on any atom is 0.335 e. The fraction of sp³-hybridized carbons (Fsp3) is 0.929. The van der Waals surface area contributed by atoms with Crippen molar-refractivity contribution in [1.29, 1.82) is 0 Å². The van der Waals surface area contributed by atoms with Crippen LogP contribution < -0.4 is 0 Å². The number of hydrogen-bond donors (Lipinski definition) is 1. The van der Waals surface area contributed by atoms with Crippen molar-refractivity contribution in [2.75, 3.05) is 0 Å². The number of unbranched alkanes of at least 4 members (excludes halogenated alkanes) is 1. The third kappa shape index (κ3) is 5.83. The molecule has 1 aliphatic rings. The van der Waals surface area contributed by atoms with Gasteiger partial charge in [-0.05, 0) is 40.0 Å². The fourth-order valence-electron chi connectivity index (χ4n) is 1.90. The molecule has 1 aliphatic heterocycles. The number of rotatable bonds is 7. The van der Waals surface area contributed by atoms with Crippen molar-refractivity contribution in [3.8, 4) is 0 Å². The third-order valence-electron chi connectivity index (χ3n) is 2.93. The van der Waals surface area contributed by atoms with Gasteiger partial charge < -0.3 is 14.6 Å². The summed E-state index contributed by atoms with van der Waals surface area (Å²) in [6.07, 6.45) is 4.13. The van der Waals surface area contributed by atoms with E-state index in [1.54, 1.807) is 20.8 Å². The first-order valence-corrected chi connectivity index (χ1v) is 6.90. The standard InChI is InChI=1S/C14H26O4/c1-5-6-7-11-12(17-11)9-8-10(15)13(16)18-14(2,3)4/h10-12,15H,5-9H2,1-4H3/t10-,11-,12+/m1/s1. The van der Waals surface area contributed by atoms with Crippen molar-refractivity contribution >= 4 is 5.97 Å². The van der Waals surface area contributed by atoms with E-state index in [1.165, 1.54) is 12.8 Å². The van der Waals surface area contributed by atoms with Crippen molar-refractivity contribution in [2.45, 2.75) is 83.7 Å². The highest BCUT2D eigenvalue weighted by atomic mass is 16.6. The number of ether oxygens (including phenoxy) is 2. The Morgan fingerprint density at radius 2 is 1.94 bits per heavy atom. The lowest BCUT2D eigenvalue weighted by molar-refractivity contribution is -0.165. The monoisotopic (exact) mass is 258 g/mol. The summed E-state index contributed by atoms with van der Waals surface area (Å²) in [6.45, 7) is 7.54. The molecule has 0 spiro atoms. The molecule has 1 N–H and O–H groups in total. The number of carbonyl (C=O) groups is 1. The van der Waals surface area contributed by atoms with E-state index in [1.807, 2.05) is 0 Å². The number of aliphatic hydroxyl groups excluding tert-OH is 1. The summed E-state index contributed by atoms with van der Waals surface area (Å²) in [5, 5.41) is 9.69. The van der Waals surface area contributed by atoms with E-state index in [0.29, 0.717) is 12.5 Å². The molecule has 3 atom stereocenters. The predicted octanol–water partition coefficient (Wildman–Crippen LogP) is 2.43. The Hall–Kier alpha value is -0.610. The minimum Gasteiger partial charge on any atom is -0.458 e. The maximum atomic E-state index is 11.5. The van der Waals surface area contributed by atoms with Gasteiger partial charge in [-0.2, -0.15) is 0 Å². The number of esters is 1. The summed E-state index contributed by atoms with van der Waals surface area (Å²) in [6, 6.07) is 0. The van der Waals surface area contributed by atoms with Crippen molar-refractivity contribution in [2.24, 2.45) is 0 Å². The van der Waals surface area contributed by atoms with Gasteiger partial charge in [0.2, 0.25) is 0 Å². The van der Waals surface area contributed by atoms with Gasteiger partial charge in [-0.3, -0.25) is 0 Å². The topological polar surface area (TPSA) is 59.1 Å². The van der Waals surface area contributed by atoms with Gasteiger partial charge >= 0.3 is 5.97 Å². The lowest BCUT2D eigenvalue weighted by Crippen LogP contribution is -2.31. The van der Waals surface area contributed by atoms with Gasteiger partial charge in [-0.1, -0.05) is 19.8 Å². The summed E-state index contributed by atoms with van der Waals surface area (Å²) in [5.41, 5.74) is -0.544. The molecule has 0 unspecified atom stereocenters. The Bertz CT molecular complexity index is 269. The van der Waals surface area contributed by atoms with Gasteiger partial charge in [0.15, 0.2) is 6.10 Å². The molecule has 0 radical (unpaired) electrons. The average molecular weight is 258 g/mol. The van der Waals surface area contributed by atoms with Crippen LogP contribution in [0.2, 0.25) is 0 Å². The zero-order valence-electron chi connectivity index (χ0n) is 11.9. The van der Waals surface area contributed by atoms with E-state index in [4.69, 9.17) is 9.47 Å². The number of aliphatic hydroxyl groups is 1. The van der Waals surface area contributed by atoms with E-state index >= 15 is 0 Å². The molecule has 0 aromatic carbocycles. The Kier molecular flexibility index (Phi) is 5.60. The molecule has 18 heavy (non-hydrogen) atoms. The molecule has 4 heteroatoms. The van der Waals surface area contributed by atoms with E-state index in [9.17, 15) is 9.90 Å². The third-order valence-corrected chi connectivity index (χ3v) is 2.93. The highest BCUT2D eigenvalue weighted by Gasteiger charge is 2.38. The first-order valence-electron chi connectivity index (χ1n) is 6.90. The SMILES string of the molecule is CCCC[C@H]1O[C@H]1CC[C@@H](O)C(=O)OC(C)(C)C. The van der Waals surface area contributed by atoms with Crippen LogP contribution in [-0.2, 0) is 14.3 Å². The van der Waals surface area contributed by atoms with Crippen molar-refractivity contribution in [1.82, 2.24) is 0 Å². The molecule has 0 aliphatic carbocycles. The Morgan fingerprint density at radius 1 is 1.33 bits per heavy atom. The first-order chi connectivity index (χ1) is 8.33. The highest BCUT2D eigenvalue weighted by Crippen LogP contribution is 2.31. The average Bonchev–Trinajstić information content (AvgIpc) is 2.99. The lowest BCUT2D eigenvalue weighted by Gasteiger charge is -2.21. The summed E-state index contributed by atoms with van der Waals surface area (Å²) >= 11 is 0. The van der Waals surface area contributed by atoms with Crippen molar-refractivity contribution < 1.29 is 19.4 Å². The molecule has 4 nitrogen and oxygen atoms in total. The van der Waals surface area contributed by atoms with Gasteiger partial charge in [-0.15, -0.1) is 0 Å². The number of hydrogen-bond acceptors (Lipinski definition) is 4. The van der Waals surface area contributed by atoms with E-state index in [-0.39, 0.29) is 6.10 Å². The van der Waals surface area contributed by atoms with Gasteiger partial charge in [0.05, 0.1) is 12.2 Å². The van der Waals surface area contributed by atoms with Crippen LogP contribution in [0.25, 0.3) is 0 Å². The van der Waals surface area contributed by atoms with E-state index in [2.05, 4.69) is 6.92 Å². The second kappa shape index (κ2) is 6.53. The Morgan fingerprint density at radius 3 is 2.50 bits per heavy atom. The van der Waals surface area contributed by atoms with Gasteiger partial charge in [0, 0.05) is 0 Å². The Labute approximate surface area is 110 Å². The molecule has 1 saturated heterocycles. The summed E-state index contributed by atoms with van der Waals surface area (Å²) in [4.78, 5) is 11.5. The molecule has 0 bridgehead atoms. The zero-order chi connectivity index (χ0) is 13.8. The molecule has 106 valence electrons. The van der Waals surface area contributed by atoms with Crippen LogP contribution in [0.3, 0.4) is 0 Å². The molecule has 1 fully saturated rings. The molecule has 1 heterocycles. The largest absolute Gasteiger partial charge is 0.458 e. The van der Waals surface area contributed by atoms with E-state index in [0.717, 1.165) is 12.8 Å². The second-order valence-electron chi connectivity index (χ2n) is 5.98. The van der Waals surface area contributed by atoms with Crippen LogP contribution in [0.5, 0.6) is 0 Å². The van der Waals surface area contributed by atoms with Gasteiger partial charge in [-0.25, -0.2) is 4.79 Å². The minimum absolute atomic E-state index is 0.230. The molecule has 1 rings (SSSR count). The molecular formula is C14H26O4. The quantitative estimate of drug-likeness (QED) is 0.563. The lowest BCUT2D eigenvalue weighted by atomic mass is 10.1. The molecule has 0 amide bonds. The summed E-state index contributed by atoms with van der Waals surface area (Å²) in [5.74, 6) is -0.534. The van der Waals surface area contributed by atoms with Gasteiger partial charge in [0.25, 0.3) is 0 Å². The van der Waals surface area contributed by atoms with E-state index < -0.39 is 17.7 Å². The van der Waals surface area contributed by atoms with Crippen LogP contribution in [0.15, 0.2) is 0 Å². The Balaban J connectivity index is 2.14. The maximum absolute atomic E-state index is 11.5. The molecule has 0 aromatic rings. The first kappa shape index (κ1) is 15.4. The minimum atomic E-state index is -1.03. The van der Waals surface area contributed by atoms with Crippen LogP contribution in [-0.4, -0.2) is 35.0 Å². The number of carbonyl (C=O) groups excluding carboxylic acids is 1. The van der Waals surface area contributed by atoms with Crippen LogP contribution in [0.1, 0.15) is 59.8 Å². The molecular weight excluding hydrogens is 232 g/mol. The zero-order valence-corrected chi connectivity index (χ0v) is 11.9. The highest BCUT2D eigenvalue weighted by molar-refractivity contribution is 5.74. The predicted molar refractivity (Wildman–Crippen MR) is 69.3 cm³/mol. The van der Waals surface area contributed by atoms with Crippen LogP contribution >= 0.6 is 0 Å². The smallest absolute Gasteiger partial charge is 0.335 e. The van der Waals surface area contributed by atoms with Gasteiger partial charge in [0.1, 0.15) is 5.60 Å². The summed E-state index contributed by atoms with van der Waals surface area (Å²) < 4.78 is 10.6. The molecule has 0 aromatic heterocycles. The van der Waals surface area contributed by atoms with Crippen LogP contribution in [0, 0.1) is 0 Å². The second-order valence-corrected chi connectivity index (χ2v) is 5.98. The van der Waals surface area contributed by atoms with Crippen LogP contribution in [0.4, 0.5) is 0 Å². The van der Waals surface area contributed by atoms with Crippen molar-refractivity contribution in [3.05, 3.63) is 0 Å². The number of epoxide rings is 1.